The highest BCUT2D eigenvalue weighted by Gasteiger charge is 2.48. The van der Waals surface area contributed by atoms with Crippen molar-refractivity contribution in [3.8, 4) is 0 Å². The topological polar surface area (TPSA) is 43.4 Å². The van der Waals surface area contributed by atoms with Gasteiger partial charge >= 0.3 is 5.97 Å². The zero-order valence-electron chi connectivity index (χ0n) is 9.62. The summed E-state index contributed by atoms with van der Waals surface area (Å²) in [5.74, 6) is -0.0900. The van der Waals surface area contributed by atoms with Crippen molar-refractivity contribution in [3.05, 3.63) is 0 Å². The molecule has 0 unspecified atom stereocenters. The minimum atomic E-state index is -0.189. The molecule has 1 aliphatic carbocycles. The van der Waals surface area contributed by atoms with Gasteiger partial charge in [0, 0.05) is 12.3 Å². The van der Waals surface area contributed by atoms with Crippen LogP contribution in [0, 0.1) is 11.8 Å². The van der Waals surface area contributed by atoms with E-state index in [4.69, 9.17) is 4.74 Å². The molecule has 0 N–H and O–H groups in total. The molecule has 0 saturated heterocycles. The van der Waals surface area contributed by atoms with Crippen molar-refractivity contribution >= 4 is 11.8 Å². The predicted molar refractivity (Wildman–Crippen MR) is 57.4 cm³/mol. The van der Waals surface area contributed by atoms with Gasteiger partial charge < -0.3 is 4.74 Å². The number of ether oxygens (including phenoxy) is 1. The van der Waals surface area contributed by atoms with E-state index >= 15 is 0 Å². The molecule has 0 aliphatic heterocycles. The summed E-state index contributed by atoms with van der Waals surface area (Å²) in [7, 11) is 0. The van der Waals surface area contributed by atoms with E-state index in [1.165, 1.54) is 0 Å². The second-order valence-corrected chi connectivity index (χ2v) is 4.12. The first-order valence-corrected chi connectivity index (χ1v) is 5.90. The summed E-state index contributed by atoms with van der Waals surface area (Å²) in [4.78, 5) is 22.9. The van der Waals surface area contributed by atoms with Crippen molar-refractivity contribution in [3.63, 3.8) is 0 Å². The fourth-order valence-corrected chi connectivity index (χ4v) is 1.80. The summed E-state index contributed by atoms with van der Waals surface area (Å²) >= 11 is 0. The summed E-state index contributed by atoms with van der Waals surface area (Å²) in [5, 5.41) is 0. The number of hydrogen-bond acceptors (Lipinski definition) is 3. The molecule has 1 aliphatic rings. The van der Waals surface area contributed by atoms with Gasteiger partial charge in [0.05, 0.1) is 12.5 Å². The van der Waals surface area contributed by atoms with Crippen LogP contribution in [0.5, 0.6) is 0 Å². The van der Waals surface area contributed by atoms with E-state index in [1.807, 2.05) is 0 Å². The molecule has 86 valence electrons. The summed E-state index contributed by atoms with van der Waals surface area (Å²) in [6.07, 6.45) is 4.53. The Hall–Kier alpha value is -0.860. The van der Waals surface area contributed by atoms with E-state index in [1.54, 1.807) is 6.92 Å². The fourth-order valence-electron chi connectivity index (χ4n) is 1.80. The Labute approximate surface area is 91.2 Å². The van der Waals surface area contributed by atoms with Gasteiger partial charge in [-0.15, -0.1) is 0 Å². The summed E-state index contributed by atoms with van der Waals surface area (Å²) in [5.41, 5.74) is 0. The van der Waals surface area contributed by atoms with E-state index < -0.39 is 0 Å². The molecular weight excluding hydrogens is 192 g/mol. The SMILES string of the molecule is CCCCCC(=O)[C@H]1C[C@H]1C(=O)OCC. The monoisotopic (exact) mass is 212 g/mol. The van der Waals surface area contributed by atoms with Gasteiger partial charge in [-0.1, -0.05) is 19.8 Å². The normalized spacial score (nSPS) is 23.6. The lowest BCUT2D eigenvalue weighted by atomic mass is 10.1. The minimum Gasteiger partial charge on any atom is -0.466 e. The first kappa shape index (κ1) is 12.2. The second kappa shape index (κ2) is 5.89. The van der Waals surface area contributed by atoms with Gasteiger partial charge in [-0.2, -0.15) is 0 Å². The lowest BCUT2D eigenvalue weighted by molar-refractivity contribution is -0.145. The molecule has 1 fully saturated rings. The van der Waals surface area contributed by atoms with Crippen molar-refractivity contribution in [1.82, 2.24) is 0 Å². The standard InChI is InChI=1S/C12H20O3/c1-3-5-6-7-11(13)9-8-10(9)12(14)15-4-2/h9-10H,3-8H2,1-2H3/t9-,10+/m0/s1. The zero-order valence-corrected chi connectivity index (χ0v) is 9.62. The molecule has 15 heavy (non-hydrogen) atoms. The van der Waals surface area contributed by atoms with Gasteiger partial charge in [-0.05, 0) is 19.8 Å². The fraction of sp³-hybridized carbons (Fsp3) is 0.833. The molecule has 0 aromatic carbocycles. The van der Waals surface area contributed by atoms with Gasteiger partial charge in [-0.3, -0.25) is 9.59 Å². The van der Waals surface area contributed by atoms with E-state index in [0.717, 1.165) is 19.3 Å². The van der Waals surface area contributed by atoms with Gasteiger partial charge in [0.15, 0.2) is 0 Å². The van der Waals surface area contributed by atoms with Crippen molar-refractivity contribution in [2.24, 2.45) is 11.8 Å². The van der Waals surface area contributed by atoms with Crippen molar-refractivity contribution in [1.29, 1.82) is 0 Å². The largest absolute Gasteiger partial charge is 0.466 e. The predicted octanol–water partition coefficient (Wildman–Crippen LogP) is 2.33. The number of unbranched alkanes of at least 4 members (excludes halogenated alkanes) is 2. The molecule has 3 heteroatoms. The van der Waals surface area contributed by atoms with Crippen LogP contribution in [-0.2, 0) is 14.3 Å². The number of Topliss-reactive ketones (excluding diaryl/α,β-unsaturated/α-hetero) is 1. The Morgan fingerprint density at radius 3 is 2.53 bits per heavy atom. The average molecular weight is 212 g/mol. The first-order valence-electron chi connectivity index (χ1n) is 5.90. The first-order chi connectivity index (χ1) is 7.20. The van der Waals surface area contributed by atoms with Gasteiger partial charge in [0.1, 0.15) is 5.78 Å². The Balaban J connectivity index is 2.19. The molecule has 1 rings (SSSR count). The van der Waals surface area contributed by atoms with Crippen molar-refractivity contribution in [2.45, 2.75) is 46.0 Å². The number of rotatable bonds is 7. The van der Waals surface area contributed by atoms with Crippen LogP contribution in [-0.4, -0.2) is 18.4 Å². The Morgan fingerprint density at radius 1 is 1.20 bits per heavy atom. The molecule has 1 saturated carbocycles. The molecule has 0 aromatic heterocycles. The van der Waals surface area contributed by atoms with Crippen molar-refractivity contribution < 1.29 is 14.3 Å². The third-order valence-electron chi connectivity index (χ3n) is 2.82. The van der Waals surface area contributed by atoms with Crippen LogP contribution < -0.4 is 0 Å². The Kier molecular flexibility index (Phi) is 4.79. The van der Waals surface area contributed by atoms with Crippen LogP contribution in [0.25, 0.3) is 0 Å². The lowest BCUT2D eigenvalue weighted by Crippen LogP contribution is -2.11. The maximum absolute atomic E-state index is 11.6. The summed E-state index contributed by atoms with van der Waals surface area (Å²) in [6, 6.07) is 0. The van der Waals surface area contributed by atoms with Crippen LogP contribution in [0.4, 0.5) is 0 Å². The molecular formula is C12H20O3. The number of carbonyl (C=O) groups excluding carboxylic acids is 2. The summed E-state index contributed by atoms with van der Waals surface area (Å²) in [6.45, 7) is 4.31. The molecule has 3 nitrogen and oxygen atoms in total. The quantitative estimate of drug-likeness (QED) is 0.480. The lowest BCUT2D eigenvalue weighted by Gasteiger charge is -2.00. The average Bonchev–Trinajstić information content (AvgIpc) is 2.98. The highest BCUT2D eigenvalue weighted by molar-refractivity contribution is 5.91. The van der Waals surface area contributed by atoms with Crippen LogP contribution in [0.1, 0.15) is 46.0 Å². The second-order valence-electron chi connectivity index (χ2n) is 4.12. The van der Waals surface area contributed by atoms with E-state index in [-0.39, 0.29) is 23.6 Å². The Morgan fingerprint density at radius 2 is 1.93 bits per heavy atom. The maximum atomic E-state index is 11.6. The highest BCUT2D eigenvalue weighted by Crippen LogP contribution is 2.41. The molecule has 0 heterocycles. The van der Waals surface area contributed by atoms with Crippen LogP contribution in [0.3, 0.4) is 0 Å². The molecule has 0 bridgehead atoms. The highest BCUT2D eigenvalue weighted by atomic mass is 16.5. The third-order valence-corrected chi connectivity index (χ3v) is 2.82. The molecule has 0 aromatic rings. The number of hydrogen-bond donors (Lipinski definition) is 0. The molecule has 0 radical (unpaired) electrons. The van der Waals surface area contributed by atoms with E-state index in [0.29, 0.717) is 19.4 Å². The molecule has 0 spiro atoms. The van der Waals surface area contributed by atoms with Gasteiger partial charge in [-0.25, -0.2) is 0 Å². The van der Waals surface area contributed by atoms with Crippen LogP contribution in [0.15, 0.2) is 0 Å². The van der Waals surface area contributed by atoms with Crippen LogP contribution in [0.2, 0.25) is 0 Å². The third kappa shape index (κ3) is 3.65. The Bertz CT molecular complexity index is 235. The minimum absolute atomic E-state index is 0.0269. The molecule has 2 atom stereocenters. The number of ketones is 1. The van der Waals surface area contributed by atoms with Crippen LogP contribution >= 0.6 is 0 Å². The zero-order chi connectivity index (χ0) is 11.3. The number of esters is 1. The number of carbonyl (C=O) groups is 2. The smallest absolute Gasteiger partial charge is 0.309 e. The van der Waals surface area contributed by atoms with E-state index in [9.17, 15) is 9.59 Å². The van der Waals surface area contributed by atoms with E-state index in [2.05, 4.69) is 6.92 Å². The summed E-state index contributed by atoms with van der Waals surface area (Å²) < 4.78 is 4.88. The molecule has 0 amide bonds. The maximum Gasteiger partial charge on any atom is 0.309 e. The van der Waals surface area contributed by atoms with Gasteiger partial charge in [0.2, 0.25) is 0 Å². The van der Waals surface area contributed by atoms with Gasteiger partial charge in [0.25, 0.3) is 0 Å². The van der Waals surface area contributed by atoms with Crippen molar-refractivity contribution in [2.75, 3.05) is 6.61 Å².